The molecule has 3 aromatic rings. The SMILES string of the molecule is COC(=O)CCS(=O)(=O)c1cccc(N2CN(c3ccc(F)cc3C)c3cc(C(F)(F)F)ccc3C2=O)c1. The number of rotatable bonds is 6. The Hall–Kier alpha value is -3.93. The van der Waals surface area contributed by atoms with Gasteiger partial charge in [-0.05, 0) is 67.1 Å². The van der Waals surface area contributed by atoms with E-state index in [4.69, 9.17) is 0 Å². The van der Waals surface area contributed by atoms with Gasteiger partial charge in [-0.15, -0.1) is 0 Å². The van der Waals surface area contributed by atoms with Crippen LogP contribution in [0.2, 0.25) is 0 Å². The Morgan fingerprint density at radius 1 is 1.00 bits per heavy atom. The Bertz CT molecular complexity index is 1520. The molecule has 1 amide bonds. The normalized spacial score (nSPS) is 13.9. The third-order valence-electron chi connectivity index (χ3n) is 6.11. The lowest BCUT2D eigenvalue weighted by Gasteiger charge is -2.39. The maximum absolute atomic E-state index is 13.8. The number of sulfone groups is 1. The zero-order chi connectivity index (χ0) is 27.8. The van der Waals surface area contributed by atoms with Crippen molar-refractivity contribution in [1.82, 2.24) is 0 Å². The lowest BCUT2D eigenvalue weighted by atomic mass is 10.0. The fourth-order valence-electron chi connectivity index (χ4n) is 4.15. The number of alkyl halides is 3. The molecule has 0 aromatic heterocycles. The van der Waals surface area contributed by atoms with E-state index in [-0.39, 0.29) is 34.9 Å². The van der Waals surface area contributed by atoms with E-state index in [0.29, 0.717) is 11.3 Å². The highest BCUT2D eigenvalue weighted by atomic mass is 32.2. The van der Waals surface area contributed by atoms with Crippen LogP contribution in [0.5, 0.6) is 0 Å². The van der Waals surface area contributed by atoms with Crippen LogP contribution in [-0.2, 0) is 25.5 Å². The van der Waals surface area contributed by atoms with E-state index in [0.717, 1.165) is 31.4 Å². The molecule has 0 atom stereocenters. The Morgan fingerprint density at radius 2 is 1.74 bits per heavy atom. The summed E-state index contributed by atoms with van der Waals surface area (Å²) in [6, 6.07) is 12.0. The molecular weight excluding hydrogens is 528 g/mol. The lowest BCUT2D eigenvalue weighted by molar-refractivity contribution is -0.140. The second-order valence-corrected chi connectivity index (χ2v) is 10.7. The van der Waals surface area contributed by atoms with Crippen molar-refractivity contribution in [2.75, 3.05) is 29.3 Å². The Kier molecular flexibility index (Phi) is 7.20. The summed E-state index contributed by atoms with van der Waals surface area (Å²) in [7, 11) is -2.78. The van der Waals surface area contributed by atoms with Crippen molar-refractivity contribution in [2.24, 2.45) is 0 Å². The van der Waals surface area contributed by atoms with Gasteiger partial charge in [-0.3, -0.25) is 14.5 Å². The van der Waals surface area contributed by atoms with Crippen molar-refractivity contribution in [3.05, 3.63) is 83.2 Å². The Labute approximate surface area is 216 Å². The highest BCUT2D eigenvalue weighted by Gasteiger charge is 2.37. The van der Waals surface area contributed by atoms with Crippen LogP contribution in [-0.4, -0.2) is 39.8 Å². The zero-order valence-corrected chi connectivity index (χ0v) is 21.1. The monoisotopic (exact) mass is 550 g/mol. The molecule has 0 N–H and O–H groups in total. The van der Waals surface area contributed by atoms with Crippen LogP contribution in [0.4, 0.5) is 34.6 Å². The molecule has 1 heterocycles. The third-order valence-corrected chi connectivity index (χ3v) is 7.83. The van der Waals surface area contributed by atoms with Crippen molar-refractivity contribution >= 4 is 38.8 Å². The molecule has 0 fully saturated rings. The lowest BCUT2D eigenvalue weighted by Crippen LogP contribution is -2.45. The predicted octanol–water partition coefficient (Wildman–Crippen LogP) is 5.25. The molecule has 4 rings (SSSR count). The molecule has 0 bridgehead atoms. The highest BCUT2D eigenvalue weighted by Crippen LogP contribution is 2.41. The van der Waals surface area contributed by atoms with E-state index in [2.05, 4.69) is 4.74 Å². The minimum absolute atomic E-state index is 0.0161. The van der Waals surface area contributed by atoms with Gasteiger partial charge in [-0.2, -0.15) is 13.2 Å². The Morgan fingerprint density at radius 3 is 2.39 bits per heavy atom. The minimum atomic E-state index is -4.66. The van der Waals surface area contributed by atoms with Crippen LogP contribution in [0.25, 0.3) is 0 Å². The second-order valence-electron chi connectivity index (χ2n) is 8.61. The van der Waals surface area contributed by atoms with E-state index >= 15 is 0 Å². The van der Waals surface area contributed by atoms with Crippen LogP contribution in [0, 0.1) is 12.7 Å². The molecule has 0 unspecified atom stereocenters. The van der Waals surface area contributed by atoms with Crippen molar-refractivity contribution in [3.63, 3.8) is 0 Å². The number of carbonyl (C=O) groups excluding carboxylic acids is 2. The number of fused-ring (bicyclic) bond motifs is 1. The summed E-state index contributed by atoms with van der Waals surface area (Å²) in [5.74, 6) is -2.39. The van der Waals surface area contributed by atoms with Gasteiger partial charge in [0, 0.05) is 11.4 Å². The van der Waals surface area contributed by atoms with Gasteiger partial charge < -0.3 is 9.64 Å². The van der Waals surface area contributed by atoms with Crippen molar-refractivity contribution in [1.29, 1.82) is 0 Å². The first kappa shape index (κ1) is 27.1. The molecule has 0 aliphatic carbocycles. The number of benzene rings is 3. The van der Waals surface area contributed by atoms with Gasteiger partial charge >= 0.3 is 12.1 Å². The summed E-state index contributed by atoms with van der Waals surface area (Å²) in [5, 5.41) is 0. The van der Waals surface area contributed by atoms with E-state index in [1.165, 1.54) is 46.2 Å². The van der Waals surface area contributed by atoms with Gasteiger partial charge in [0.05, 0.1) is 41.0 Å². The standard InChI is InChI=1S/C26H22F4N2O5S/c1-16-12-18(27)7-9-22(16)32-15-31(25(34)21-8-6-17(13-23(21)32)26(28,29)30)19-4-3-5-20(14-19)38(35,36)11-10-24(33)37-2/h3-9,12-14H,10-11,15H2,1-2H3. The molecule has 0 saturated heterocycles. The maximum Gasteiger partial charge on any atom is 0.416 e. The molecular formula is C26H22F4N2O5S. The predicted molar refractivity (Wildman–Crippen MR) is 132 cm³/mol. The van der Waals surface area contributed by atoms with E-state index in [9.17, 15) is 35.6 Å². The number of anilines is 3. The largest absolute Gasteiger partial charge is 0.469 e. The fraction of sp³-hybridized carbons (Fsp3) is 0.231. The van der Waals surface area contributed by atoms with Crippen LogP contribution >= 0.6 is 0 Å². The van der Waals surface area contributed by atoms with Gasteiger partial charge in [0.1, 0.15) is 12.5 Å². The number of hydrogen-bond acceptors (Lipinski definition) is 6. The summed E-state index contributed by atoms with van der Waals surface area (Å²) in [4.78, 5) is 27.4. The van der Waals surface area contributed by atoms with Gasteiger partial charge in [-0.1, -0.05) is 6.07 Å². The first-order chi connectivity index (χ1) is 17.8. The van der Waals surface area contributed by atoms with Gasteiger partial charge in [0.2, 0.25) is 0 Å². The molecule has 1 aliphatic heterocycles. The van der Waals surface area contributed by atoms with Gasteiger partial charge in [-0.25, -0.2) is 12.8 Å². The maximum atomic E-state index is 13.8. The van der Waals surface area contributed by atoms with E-state index < -0.39 is 45.0 Å². The number of ether oxygens (including phenoxy) is 1. The molecule has 38 heavy (non-hydrogen) atoms. The Balaban J connectivity index is 1.80. The highest BCUT2D eigenvalue weighted by molar-refractivity contribution is 7.91. The van der Waals surface area contributed by atoms with Gasteiger partial charge in [0.25, 0.3) is 5.91 Å². The quantitative estimate of drug-likeness (QED) is 0.308. The molecule has 0 radical (unpaired) electrons. The summed E-state index contributed by atoms with van der Waals surface area (Å²) in [6.07, 6.45) is -5.02. The average molecular weight is 551 g/mol. The summed E-state index contributed by atoms with van der Waals surface area (Å²) < 4.78 is 84.4. The van der Waals surface area contributed by atoms with E-state index in [1.807, 2.05) is 0 Å². The first-order valence-corrected chi connectivity index (χ1v) is 12.9. The van der Waals surface area contributed by atoms with Crippen molar-refractivity contribution < 1.29 is 40.3 Å². The summed E-state index contributed by atoms with van der Waals surface area (Å²) in [6.45, 7) is 1.31. The van der Waals surface area contributed by atoms with Crippen molar-refractivity contribution in [2.45, 2.75) is 24.4 Å². The fourth-order valence-corrected chi connectivity index (χ4v) is 5.41. The molecule has 0 saturated carbocycles. The van der Waals surface area contributed by atoms with Crippen LogP contribution in [0.1, 0.15) is 27.9 Å². The summed E-state index contributed by atoms with van der Waals surface area (Å²) >= 11 is 0. The number of esters is 1. The van der Waals surface area contributed by atoms with Gasteiger partial charge in [0.15, 0.2) is 9.84 Å². The van der Waals surface area contributed by atoms with Crippen LogP contribution < -0.4 is 9.80 Å². The molecule has 1 aliphatic rings. The first-order valence-electron chi connectivity index (χ1n) is 11.3. The third kappa shape index (κ3) is 5.35. The smallest absolute Gasteiger partial charge is 0.416 e. The molecule has 7 nitrogen and oxygen atoms in total. The molecule has 3 aromatic carbocycles. The number of amides is 1. The molecule has 0 spiro atoms. The van der Waals surface area contributed by atoms with Crippen molar-refractivity contribution in [3.8, 4) is 0 Å². The second kappa shape index (κ2) is 10.1. The number of hydrogen-bond donors (Lipinski definition) is 0. The number of nitrogens with zero attached hydrogens (tertiary/aromatic N) is 2. The number of halogens is 4. The van der Waals surface area contributed by atoms with Crippen LogP contribution in [0.3, 0.4) is 0 Å². The zero-order valence-electron chi connectivity index (χ0n) is 20.3. The average Bonchev–Trinajstić information content (AvgIpc) is 2.87. The topological polar surface area (TPSA) is 84.0 Å². The van der Waals surface area contributed by atoms with E-state index in [1.54, 1.807) is 6.92 Å². The number of methoxy groups -OCH3 is 1. The summed E-state index contributed by atoms with van der Waals surface area (Å²) in [5.41, 5.74) is -0.0666. The van der Waals surface area contributed by atoms with Crippen LogP contribution in [0.15, 0.2) is 65.6 Å². The minimum Gasteiger partial charge on any atom is -0.469 e. The molecule has 12 heteroatoms. The molecule has 200 valence electrons. The number of carbonyl (C=O) groups is 2. The number of aryl methyl sites for hydroxylation is 1.